The smallest absolute Gasteiger partial charge is 0.318 e. The van der Waals surface area contributed by atoms with E-state index in [2.05, 4.69) is 43.4 Å². The van der Waals surface area contributed by atoms with Crippen molar-refractivity contribution in [2.75, 3.05) is 6.54 Å². The highest BCUT2D eigenvalue weighted by Crippen LogP contribution is 2.33. The molecule has 3 rings (SSSR count). The Labute approximate surface area is 155 Å². The Hall–Kier alpha value is -2.30. The van der Waals surface area contributed by atoms with E-state index >= 15 is 0 Å². The lowest BCUT2D eigenvalue weighted by Gasteiger charge is -2.30. The number of amides is 2. The van der Waals surface area contributed by atoms with E-state index in [0.29, 0.717) is 0 Å². The predicted octanol–water partition coefficient (Wildman–Crippen LogP) is 5.01. The van der Waals surface area contributed by atoms with Gasteiger partial charge in [-0.15, -0.1) is 0 Å². The molecule has 1 fully saturated rings. The van der Waals surface area contributed by atoms with Gasteiger partial charge in [-0.05, 0) is 37.2 Å². The molecular formula is C21H29N3O2. The lowest BCUT2D eigenvalue weighted by Crippen LogP contribution is -2.42. The van der Waals surface area contributed by atoms with Crippen molar-refractivity contribution >= 4 is 6.03 Å². The minimum absolute atomic E-state index is 0.00138. The van der Waals surface area contributed by atoms with E-state index < -0.39 is 0 Å². The van der Waals surface area contributed by atoms with Gasteiger partial charge in [-0.2, -0.15) is 0 Å². The molecule has 5 nitrogen and oxygen atoms in total. The molecule has 0 saturated carbocycles. The third-order valence-corrected chi connectivity index (χ3v) is 4.82. The fraction of sp³-hybridized carbons (Fsp3) is 0.524. The van der Waals surface area contributed by atoms with E-state index in [9.17, 15) is 4.79 Å². The molecule has 1 aromatic carbocycles. The predicted molar refractivity (Wildman–Crippen MR) is 102 cm³/mol. The van der Waals surface area contributed by atoms with Crippen molar-refractivity contribution in [1.29, 1.82) is 0 Å². The van der Waals surface area contributed by atoms with Crippen LogP contribution in [-0.2, 0) is 0 Å². The molecule has 0 radical (unpaired) electrons. The number of likely N-dealkylation sites (tertiary alicyclic amines) is 1. The molecule has 2 amide bonds. The summed E-state index contributed by atoms with van der Waals surface area (Å²) in [5, 5.41) is 7.40. The molecule has 1 aliphatic rings. The second-order valence-electron chi connectivity index (χ2n) is 8.39. The van der Waals surface area contributed by atoms with Crippen LogP contribution in [-0.4, -0.2) is 22.6 Å². The zero-order valence-corrected chi connectivity index (χ0v) is 16.2. The highest BCUT2D eigenvalue weighted by molar-refractivity contribution is 5.75. The SMILES string of the molecule is Cc1cc([C@@H]2CCCN2C(=O)N[C@@H](CC(C)(C)C)c2ccccc2)no1. The molecular weight excluding hydrogens is 326 g/mol. The lowest BCUT2D eigenvalue weighted by atomic mass is 9.85. The Morgan fingerprint density at radius 1 is 1.35 bits per heavy atom. The molecule has 140 valence electrons. The first-order valence-corrected chi connectivity index (χ1v) is 9.39. The van der Waals surface area contributed by atoms with E-state index in [-0.39, 0.29) is 23.5 Å². The molecule has 2 aromatic rings. The van der Waals surface area contributed by atoms with Crippen LogP contribution in [0, 0.1) is 12.3 Å². The lowest BCUT2D eigenvalue weighted by molar-refractivity contribution is 0.182. The van der Waals surface area contributed by atoms with Crippen molar-refractivity contribution in [2.45, 2.75) is 59.0 Å². The van der Waals surface area contributed by atoms with Crippen molar-refractivity contribution in [3.63, 3.8) is 0 Å². The molecule has 2 heterocycles. The molecule has 0 bridgehead atoms. The molecule has 1 aliphatic heterocycles. The van der Waals surface area contributed by atoms with Crippen molar-refractivity contribution < 1.29 is 9.32 Å². The summed E-state index contributed by atoms with van der Waals surface area (Å²) < 4.78 is 5.21. The highest BCUT2D eigenvalue weighted by Gasteiger charge is 2.33. The summed E-state index contributed by atoms with van der Waals surface area (Å²) in [7, 11) is 0. The minimum atomic E-state index is -0.0220. The maximum atomic E-state index is 13.1. The summed E-state index contributed by atoms with van der Waals surface area (Å²) in [5.41, 5.74) is 2.10. The van der Waals surface area contributed by atoms with Crippen LogP contribution in [0.5, 0.6) is 0 Å². The molecule has 0 unspecified atom stereocenters. The van der Waals surface area contributed by atoms with Gasteiger partial charge in [0.15, 0.2) is 0 Å². The zero-order valence-electron chi connectivity index (χ0n) is 16.2. The number of benzene rings is 1. The minimum Gasteiger partial charge on any atom is -0.361 e. The van der Waals surface area contributed by atoms with E-state index in [1.807, 2.05) is 36.1 Å². The van der Waals surface area contributed by atoms with Crippen molar-refractivity contribution in [3.8, 4) is 0 Å². The molecule has 1 saturated heterocycles. The van der Waals surface area contributed by atoms with Gasteiger partial charge in [0.2, 0.25) is 0 Å². The number of nitrogens with zero attached hydrogens (tertiary/aromatic N) is 2. The average molecular weight is 355 g/mol. The van der Waals surface area contributed by atoms with Gasteiger partial charge in [0.05, 0.1) is 12.1 Å². The molecule has 1 N–H and O–H groups in total. The van der Waals surface area contributed by atoms with Crippen molar-refractivity contribution in [1.82, 2.24) is 15.4 Å². The number of carbonyl (C=O) groups excluding carboxylic acids is 1. The second kappa shape index (κ2) is 7.52. The van der Waals surface area contributed by atoms with Crippen LogP contribution in [0.25, 0.3) is 0 Å². The largest absolute Gasteiger partial charge is 0.361 e. The summed E-state index contributed by atoms with van der Waals surface area (Å²) >= 11 is 0. The molecule has 0 aliphatic carbocycles. The first-order valence-electron chi connectivity index (χ1n) is 9.39. The third-order valence-electron chi connectivity index (χ3n) is 4.82. The van der Waals surface area contributed by atoms with Gasteiger partial charge in [-0.25, -0.2) is 4.79 Å². The van der Waals surface area contributed by atoms with Gasteiger partial charge in [0.25, 0.3) is 0 Å². The monoisotopic (exact) mass is 355 g/mol. The van der Waals surface area contributed by atoms with Crippen molar-refractivity contribution in [2.24, 2.45) is 5.41 Å². The average Bonchev–Trinajstić information content (AvgIpc) is 3.22. The number of aromatic nitrogens is 1. The fourth-order valence-electron chi connectivity index (χ4n) is 3.64. The number of carbonyl (C=O) groups is 1. The van der Waals surface area contributed by atoms with Crippen molar-refractivity contribution in [3.05, 3.63) is 53.4 Å². The summed E-state index contributed by atoms with van der Waals surface area (Å²) in [6.07, 6.45) is 2.79. The summed E-state index contributed by atoms with van der Waals surface area (Å²) in [6, 6.07) is 12.1. The maximum Gasteiger partial charge on any atom is 0.318 e. The van der Waals surface area contributed by atoms with Gasteiger partial charge in [-0.3, -0.25) is 0 Å². The normalized spacial score (nSPS) is 18.8. The van der Waals surface area contributed by atoms with Crippen LogP contribution in [0.1, 0.15) is 69.1 Å². The van der Waals surface area contributed by atoms with Gasteiger partial charge in [0, 0.05) is 12.6 Å². The summed E-state index contributed by atoms with van der Waals surface area (Å²) in [6.45, 7) is 9.23. The second-order valence-corrected chi connectivity index (χ2v) is 8.39. The van der Waals surface area contributed by atoms with Crippen LogP contribution < -0.4 is 5.32 Å². The van der Waals surface area contributed by atoms with Crippen LogP contribution in [0.2, 0.25) is 0 Å². The number of nitrogens with one attached hydrogen (secondary N) is 1. The molecule has 0 spiro atoms. The number of aryl methyl sites for hydroxylation is 1. The fourth-order valence-corrected chi connectivity index (χ4v) is 3.64. The summed E-state index contributed by atoms with van der Waals surface area (Å²) in [4.78, 5) is 15.0. The maximum absolute atomic E-state index is 13.1. The third kappa shape index (κ3) is 4.45. The van der Waals surface area contributed by atoms with E-state index in [0.717, 1.165) is 42.8 Å². The number of hydrogen-bond acceptors (Lipinski definition) is 3. The highest BCUT2D eigenvalue weighted by atomic mass is 16.5. The first-order chi connectivity index (χ1) is 12.3. The Bertz CT molecular complexity index is 733. The van der Waals surface area contributed by atoms with E-state index in [1.54, 1.807) is 0 Å². The molecule has 26 heavy (non-hydrogen) atoms. The number of hydrogen-bond donors (Lipinski definition) is 1. The van der Waals surface area contributed by atoms with Gasteiger partial charge in [-0.1, -0.05) is 56.3 Å². The Kier molecular flexibility index (Phi) is 5.35. The standard InChI is InChI=1S/C21H29N3O2/c1-15-13-17(23-26-15)19-11-8-12-24(19)20(25)22-18(14-21(2,3)4)16-9-6-5-7-10-16/h5-7,9-10,13,18-19H,8,11-12,14H2,1-4H3,(H,22,25)/t18-,19-/m0/s1. The van der Waals surface area contributed by atoms with Crippen LogP contribution >= 0.6 is 0 Å². The van der Waals surface area contributed by atoms with Crippen LogP contribution in [0.4, 0.5) is 4.79 Å². The molecule has 2 atom stereocenters. The number of rotatable bonds is 4. The Morgan fingerprint density at radius 3 is 2.69 bits per heavy atom. The van der Waals surface area contributed by atoms with E-state index in [4.69, 9.17) is 4.52 Å². The van der Waals surface area contributed by atoms with E-state index in [1.165, 1.54) is 0 Å². The Morgan fingerprint density at radius 2 is 2.08 bits per heavy atom. The number of urea groups is 1. The Balaban J connectivity index is 1.76. The molecule has 1 aromatic heterocycles. The summed E-state index contributed by atoms with van der Waals surface area (Å²) in [5.74, 6) is 0.780. The topological polar surface area (TPSA) is 58.4 Å². The zero-order chi connectivity index (χ0) is 18.7. The van der Waals surface area contributed by atoms with Gasteiger partial charge < -0.3 is 14.7 Å². The van der Waals surface area contributed by atoms with Gasteiger partial charge in [0.1, 0.15) is 11.5 Å². The van der Waals surface area contributed by atoms with Crippen LogP contribution in [0.15, 0.2) is 40.9 Å². The van der Waals surface area contributed by atoms with Gasteiger partial charge >= 0.3 is 6.03 Å². The quantitative estimate of drug-likeness (QED) is 0.839. The molecule has 5 heteroatoms. The first kappa shape index (κ1) is 18.5. The van der Waals surface area contributed by atoms with Crippen LogP contribution in [0.3, 0.4) is 0 Å².